The number of sulfone groups is 1. The molecule has 0 spiro atoms. The number of hydrogen-bond acceptors (Lipinski definition) is 7. The fraction of sp³-hybridized carbons (Fsp3) is 0.227. The fourth-order valence-electron chi connectivity index (χ4n) is 3.72. The van der Waals surface area contributed by atoms with Gasteiger partial charge >= 0.3 is 0 Å². The first-order chi connectivity index (χ1) is 15.3. The van der Waals surface area contributed by atoms with Crippen molar-refractivity contribution < 1.29 is 27.4 Å². The molecule has 2 heterocycles. The molecule has 1 aliphatic heterocycles. The van der Waals surface area contributed by atoms with Crippen LogP contribution in [0.4, 0.5) is 5.69 Å². The van der Waals surface area contributed by atoms with E-state index in [-0.39, 0.29) is 22.1 Å². The number of thiophene rings is 1. The summed E-state index contributed by atoms with van der Waals surface area (Å²) >= 11 is 7.18. The van der Waals surface area contributed by atoms with E-state index in [1.807, 2.05) is 0 Å². The van der Waals surface area contributed by atoms with Gasteiger partial charge in [-0.25, -0.2) is 8.42 Å². The van der Waals surface area contributed by atoms with Crippen LogP contribution in [0.2, 0.25) is 5.02 Å². The minimum Gasteiger partial charge on any atom is -0.496 e. The molecule has 1 N–H and O–H groups in total. The third-order valence-corrected chi connectivity index (χ3v) is 8.57. The van der Waals surface area contributed by atoms with E-state index in [4.69, 9.17) is 25.8 Å². The Labute approximate surface area is 194 Å². The van der Waals surface area contributed by atoms with Crippen LogP contribution < -0.4 is 19.5 Å². The zero-order valence-electron chi connectivity index (χ0n) is 17.5. The standard InChI is InChI=1S/C22H20ClNO6S2/c1-28-16-10-18(30-3)17(29-2)8-14(16)15-9-20(25)24-21-19(11-31-22(15)21)32(26,27)13-6-4-12(23)5-7-13/h4-8,10-11,15H,9H2,1-3H3,(H,24,25)/t15-/m1/s1. The van der Waals surface area contributed by atoms with Gasteiger partial charge in [0.15, 0.2) is 11.5 Å². The molecule has 10 heteroatoms. The Morgan fingerprint density at radius 1 is 1.00 bits per heavy atom. The zero-order valence-corrected chi connectivity index (χ0v) is 19.9. The lowest BCUT2D eigenvalue weighted by molar-refractivity contribution is -0.116. The Balaban J connectivity index is 1.86. The quantitative estimate of drug-likeness (QED) is 0.533. The van der Waals surface area contributed by atoms with E-state index in [1.165, 1.54) is 56.9 Å². The molecule has 0 saturated heterocycles. The summed E-state index contributed by atoms with van der Waals surface area (Å²) in [4.78, 5) is 13.5. The smallest absolute Gasteiger partial charge is 0.225 e. The van der Waals surface area contributed by atoms with Crippen LogP contribution in [0, 0.1) is 0 Å². The van der Waals surface area contributed by atoms with E-state index in [1.54, 1.807) is 17.5 Å². The van der Waals surface area contributed by atoms with E-state index in [9.17, 15) is 13.2 Å². The van der Waals surface area contributed by atoms with Crippen molar-refractivity contribution in [1.29, 1.82) is 0 Å². The lowest BCUT2D eigenvalue weighted by Gasteiger charge is -2.26. The highest BCUT2D eigenvalue weighted by Gasteiger charge is 2.36. The van der Waals surface area contributed by atoms with Gasteiger partial charge in [-0.2, -0.15) is 0 Å². The molecule has 32 heavy (non-hydrogen) atoms. The van der Waals surface area contributed by atoms with E-state index in [0.717, 1.165) is 4.88 Å². The molecule has 1 amide bonds. The first-order valence-corrected chi connectivity index (χ1v) is 12.3. The highest BCUT2D eigenvalue weighted by atomic mass is 35.5. The van der Waals surface area contributed by atoms with Gasteiger partial charge in [-0.15, -0.1) is 11.3 Å². The third-order valence-electron chi connectivity index (χ3n) is 5.28. The summed E-state index contributed by atoms with van der Waals surface area (Å²) in [6.07, 6.45) is 0.139. The van der Waals surface area contributed by atoms with E-state index in [0.29, 0.717) is 33.5 Å². The number of anilines is 1. The summed E-state index contributed by atoms with van der Waals surface area (Å²) in [5, 5.41) is 4.74. The highest BCUT2D eigenvalue weighted by Crippen LogP contribution is 2.49. The van der Waals surface area contributed by atoms with E-state index in [2.05, 4.69) is 5.32 Å². The monoisotopic (exact) mass is 493 g/mol. The minimum atomic E-state index is -3.86. The van der Waals surface area contributed by atoms with Crippen LogP contribution >= 0.6 is 22.9 Å². The number of nitrogens with one attached hydrogen (secondary N) is 1. The molecule has 168 valence electrons. The molecule has 1 aliphatic rings. The van der Waals surface area contributed by atoms with Gasteiger partial charge in [0.05, 0.1) is 31.9 Å². The Morgan fingerprint density at radius 2 is 1.62 bits per heavy atom. The normalized spacial score (nSPS) is 15.6. The maximum absolute atomic E-state index is 13.3. The van der Waals surface area contributed by atoms with Gasteiger partial charge in [0, 0.05) is 39.2 Å². The van der Waals surface area contributed by atoms with Gasteiger partial charge in [0.1, 0.15) is 10.6 Å². The second-order valence-corrected chi connectivity index (χ2v) is 10.3. The molecular weight excluding hydrogens is 474 g/mol. The fourth-order valence-corrected chi connectivity index (χ4v) is 6.74. The molecule has 0 aliphatic carbocycles. The van der Waals surface area contributed by atoms with Crippen molar-refractivity contribution in [1.82, 2.24) is 0 Å². The number of fused-ring (bicyclic) bond motifs is 1. The number of amides is 1. The molecule has 0 fully saturated rings. The highest BCUT2D eigenvalue weighted by molar-refractivity contribution is 7.91. The average molecular weight is 494 g/mol. The van der Waals surface area contributed by atoms with Gasteiger partial charge in [-0.1, -0.05) is 11.6 Å². The van der Waals surface area contributed by atoms with Crippen molar-refractivity contribution in [2.45, 2.75) is 22.1 Å². The maximum atomic E-state index is 13.3. The number of carbonyl (C=O) groups excluding carboxylic acids is 1. The summed E-state index contributed by atoms with van der Waals surface area (Å²) in [5.74, 6) is 0.800. The van der Waals surface area contributed by atoms with Gasteiger partial charge in [0.2, 0.25) is 15.7 Å². The average Bonchev–Trinajstić information content (AvgIpc) is 3.22. The Hall–Kier alpha value is -2.75. The predicted octanol–water partition coefficient (Wildman–Crippen LogP) is 4.73. The SMILES string of the molecule is COc1cc(OC)c([C@H]2CC(=O)Nc3c(S(=O)(=O)c4ccc(Cl)cc4)csc32)cc1OC. The topological polar surface area (TPSA) is 90.9 Å². The van der Waals surface area contributed by atoms with Crippen molar-refractivity contribution in [2.24, 2.45) is 0 Å². The number of ether oxygens (including phenoxy) is 3. The molecule has 1 atom stereocenters. The second kappa shape index (κ2) is 8.65. The largest absolute Gasteiger partial charge is 0.496 e. The summed E-state index contributed by atoms with van der Waals surface area (Å²) in [6.45, 7) is 0. The number of halogens is 1. The van der Waals surface area contributed by atoms with Gasteiger partial charge in [-0.05, 0) is 30.3 Å². The number of hydrogen-bond donors (Lipinski definition) is 1. The minimum absolute atomic E-state index is 0.0531. The van der Waals surface area contributed by atoms with Crippen LogP contribution in [0.3, 0.4) is 0 Å². The number of carbonyl (C=O) groups is 1. The Kier molecular flexibility index (Phi) is 6.07. The maximum Gasteiger partial charge on any atom is 0.225 e. The van der Waals surface area contributed by atoms with E-state index < -0.39 is 15.8 Å². The Bertz CT molecular complexity index is 1280. The molecular formula is C22H20ClNO6S2. The molecule has 1 aromatic heterocycles. The first kappa shape index (κ1) is 22.4. The van der Waals surface area contributed by atoms with Crippen LogP contribution in [-0.2, 0) is 14.6 Å². The second-order valence-electron chi connectivity index (χ2n) is 7.05. The first-order valence-electron chi connectivity index (χ1n) is 9.52. The summed E-state index contributed by atoms with van der Waals surface area (Å²) in [6, 6.07) is 9.38. The molecule has 4 rings (SSSR count). The summed E-state index contributed by atoms with van der Waals surface area (Å²) < 4.78 is 42.9. The molecule has 0 unspecified atom stereocenters. The number of methoxy groups -OCH3 is 3. The number of benzene rings is 2. The van der Waals surface area contributed by atoms with Crippen LogP contribution in [0.1, 0.15) is 22.8 Å². The lowest BCUT2D eigenvalue weighted by Crippen LogP contribution is -2.23. The Morgan fingerprint density at radius 3 is 2.25 bits per heavy atom. The summed E-state index contributed by atoms with van der Waals surface area (Å²) in [7, 11) is 0.713. The van der Waals surface area contributed by atoms with Crippen molar-refractivity contribution in [2.75, 3.05) is 26.6 Å². The summed E-state index contributed by atoms with van der Waals surface area (Å²) in [5.41, 5.74) is 1.00. The molecule has 7 nitrogen and oxygen atoms in total. The predicted molar refractivity (Wildman–Crippen MR) is 122 cm³/mol. The van der Waals surface area contributed by atoms with E-state index >= 15 is 0 Å². The van der Waals surface area contributed by atoms with Crippen molar-refractivity contribution in [3.05, 3.63) is 57.2 Å². The van der Waals surface area contributed by atoms with Gasteiger partial charge < -0.3 is 19.5 Å². The molecule has 2 aromatic carbocycles. The number of rotatable bonds is 6. The van der Waals surface area contributed by atoms with Crippen LogP contribution in [0.25, 0.3) is 0 Å². The third kappa shape index (κ3) is 3.80. The molecule has 0 radical (unpaired) electrons. The van der Waals surface area contributed by atoms with Crippen molar-refractivity contribution in [3.63, 3.8) is 0 Å². The van der Waals surface area contributed by atoms with Crippen LogP contribution in [-0.4, -0.2) is 35.7 Å². The molecule has 0 bridgehead atoms. The van der Waals surface area contributed by atoms with Crippen LogP contribution in [0.5, 0.6) is 17.2 Å². The lowest BCUT2D eigenvalue weighted by atomic mass is 9.89. The zero-order chi connectivity index (χ0) is 23.0. The van der Waals surface area contributed by atoms with Crippen molar-refractivity contribution >= 4 is 44.4 Å². The van der Waals surface area contributed by atoms with Gasteiger partial charge in [-0.3, -0.25) is 4.79 Å². The van der Waals surface area contributed by atoms with Crippen molar-refractivity contribution in [3.8, 4) is 17.2 Å². The van der Waals surface area contributed by atoms with Crippen LogP contribution in [0.15, 0.2) is 51.6 Å². The molecule has 0 saturated carbocycles. The van der Waals surface area contributed by atoms with Gasteiger partial charge in [0.25, 0.3) is 0 Å². The molecule has 3 aromatic rings.